The Morgan fingerprint density at radius 3 is 1.63 bits per heavy atom. The second kappa shape index (κ2) is 20.4. The number of unbranched alkanes of at least 4 members (excludes halogenated alkanes) is 18. The van der Waals surface area contributed by atoms with Gasteiger partial charge in [-0.05, 0) is 37.8 Å². The van der Waals surface area contributed by atoms with Crippen LogP contribution < -0.4 is 0 Å². The topological polar surface area (TPSA) is 3.01 Å². The molecule has 2 aromatic carbocycles. The third-order valence-corrected chi connectivity index (χ3v) is 12.0. The zero-order valence-corrected chi connectivity index (χ0v) is 32.9. The van der Waals surface area contributed by atoms with E-state index in [0.717, 1.165) is 6.54 Å². The summed E-state index contributed by atoms with van der Waals surface area (Å²) in [5.74, 6) is 0.534. The quantitative estimate of drug-likeness (QED) is 0.0776. The maximum absolute atomic E-state index is 2.66. The standard InChI is InChI=1S/C48H74N/c1-7-9-11-13-15-17-19-21-23-25-32-40-41-33-26-27-34-42(41)47(3,4)43(40)36-31-38-46-48(5,6)44-35-28-29-37-45(44)49(46)39-30-24-22-20-18-16-14-12-10-8-2/h26-29,31,33-38,40H,7-25,30,32,39H2,1-6H3/q+1/b38-31+,43-36+. The Hall–Kier alpha value is -2.41. The van der Waals surface area contributed by atoms with E-state index in [4.69, 9.17) is 0 Å². The molecule has 1 heteroatoms. The van der Waals surface area contributed by atoms with Crippen LogP contribution in [0.15, 0.2) is 72.3 Å². The van der Waals surface area contributed by atoms with Crippen molar-refractivity contribution >= 4 is 11.4 Å². The lowest BCUT2D eigenvalue weighted by molar-refractivity contribution is -0.438. The summed E-state index contributed by atoms with van der Waals surface area (Å²) in [6.45, 7) is 15.5. The maximum atomic E-state index is 2.66. The number of hydrogen-bond donors (Lipinski definition) is 0. The molecule has 0 amide bonds. The maximum Gasteiger partial charge on any atom is 0.209 e. The molecule has 0 bridgehead atoms. The first kappa shape index (κ1) is 39.4. The molecule has 1 unspecified atom stereocenters. The van der Waals surface area contributed by atoms with Gasteiger partial charge in [0, 0.05) is 35.5 Å². The normalized spacial score (nSPS) is 18.6. The van der Waals surface area contributed by atoms with Gasteiger partial charge in [-0.15, -0.1) is 0 Å². The van der Waals surface area contributed by atoms with Crippen molar-refractivity contribution in [3.8, 4) is 0 Å². The third-order valence-electron chi connectivity index (χ3n) is 12.0. The lowest BCUT2D eigenvalue weighted by Crippen LogP contribution is -2.28. The fraction of sp³-hybridized carbons (Fsp3) is 0.646. The molecule has 1 aliphatic carbocycles. The van der Waals surface area contributed by atoms with Gasteiger partial charge in [-0.2, -0.15) is 4.58 Å². The van der Waals surface area contributed by atoms with Gasteiger partial charge in [0.25, 0.3) is 0 Å². The Bertz CT molecular complexity index is 1350. The number of fused-ring (bicyclic) bond motifs is 2. The van der Waals surface area contributed by atoms with Gasteiger partial charge in [-0.3, -0.25) is 0 Å². The van der Waals surface area contributed by atoms with Gasteiger partial charge in [0.2, 0.25) is 5.69 Å². The molecule has 4 rings (SSSR count). The smallest absolute Gasteiger partial charge is 0.195 e. The molecule has 0 saturated heterocycles. The predicted octanol–water partition coefficient (Wildman–Crippen LogP) is 14.9. The number of para-hydroxylation sites is 1. The first-order valence-electron chi connectivity index (χ1n) is 21.1. The zero-order chi connectivity index (χ0) is 35.0. The molecule has 1 heterocycles. The second-order valence-electron chi connectivity index (χ2n) is 16.6. The SMILES string of the molecule is CCCCCCCCCCCCC1/C(=C\C=C\C2=[N+](CCCCCCCCCCCC)c3ccccc3C2(C)C)C(C)(C)c2ccccc21. The van der Waals surface area contributed by atoms with Crippen LogP contribution in [-0.4, -0.2) is 16.8 Å². The van der Waals surface area contributed by atoms with Crippen LogP contribution in [0, 0.1) is 0 Å². The minimum absolute atomic E-state index is 0.00759. The van der Waals surface area contributed by atoms with Gasteiger partial charge in [-0.1, -0.05) is 203 Å². The van der Waals surface area contributed by atoms with Crippen molar-refractivity contribution in [2.45, 2.75) is 193 Å². The van der Waals surface area contributed by atoms with Crippen LogP contribution in [0.1, 0.15) is 199 Å². The monoisotopic (exact) mass is 665 g/mol. The Morgan fingerprint density at radius 2 is 1.04 bits per heavy atom. The Kier molecular flexibility index (Phi) is 16.4. The van der Waals surface area contributed by atoms with Crippen molar-refractivity contribution < 1.29 is 4.58 Å². The van der Waals surface area contributed by atoms with Gasteiger partial charge < -0.3 is 0 Å². The first-order valence-corrected chi connectivity index (χ1v) is 21.1. The molecule has 0 spiro atoms. The van der Waals surface area contributed by atoms with Crippen LogP contribution in [0.4, 0.5) is 5.69 Å². The van der Waals surface area contributed by atoms with E-state index in [-0.39, 0.29) is 10.8 Å². The molecule has 0 saturated carbocycles. The number of allylic oxidation sites excluding steroid dienone is 4. The van der Waals surface area contributed by atoms with E-state index in [1.54, 1.807) is 11.1 Å². The molecule has 1 nitrogen and oxygen atoms in total. The van der Waals surface area contributed by atoms with E-state index < -0.39 is 0 Å². The molecular weight excluding hydrogens is 591 g/mol. The van der Waals surface area contributed by atoms with Crippen molar-refractivity contribution in [1.29, 1.82) is 0 Å². The van der Waals surface area contributed by atoms with Gasteiger partial charge in [-0.25, -0.2) is 0 Å². The average molecular weight is 665 g/mol. The summed E-state index contributed by atoms with van der Waals surface area (Å²) < 4.78 is 2.66. The second-order valence-corrected chi connectivity index (χ2v) is 16.6. The summed E-state index contributed by atoms with van der Waals surface area (Å²) >= 11 is 0. The lowest BCUT2D eigenvalue weighted by atomic mass is 9.79. The predicted molar refractivity (Wildman–Crippen MR) is 217 cm³/mol. The minimum Gasteiger partial charge on any atom is -0.195 e. The van der Waals surface area contributed by atoms with Crippen molar-refractivity contribution in [2.75, 3.05) is 6.54 Å². The van der Waals surface area contributed by atoms with E-state index in [1.165, 1.54) is 157 Å². The lowest BCUT2D eigenvalue weighted by Gasteiger charge is -2.24. The highest BCUT2D eigenvalue weighted by molar-refractivity contribution is 6.03. The molecule has 49 heavy (non-hydrogen) atoms. The number of nitrogens with zero attached hydrogens (tertiary/aromatic N) is 1. The molecule has 0 aromatic heterocycles. The van der Waals surface area contributed by atoms with E-state index in [0.29, 0.717) is 5.92 Å². The number of rotatable bonds is 24. The van der Waals surface area contributed by atoms with Crippen LogP contribution in [0.3, 0.4) is 0 Å². The van der Waals surface area contributed by atoms with Crippen LogP contribution in [0.2, 0.25) is 0 Å². The Morgan fingerprint density at radius 1 is 0.551 bits per heavy atom. The van der Waals surface area contributed by atoms with Crippen LogP contribution in [0.5, 0.6) is 0 Å². The van der Waals surface area contributed by atoms with Crippen molar-refractivity contribution in [3.63, 3.8) is 0 Å². The first-order chi connectivity index (χ1) is 23.8. The van der Waals surface area contributed by atoms with Crippen molar-refractivity contribution in [2.24, 2.45) is 0 Å². The highest BCUT2D eigenvalue weighted by Crippen LogP contribution is 2.52. The van der Waals surface area contributed by atoms with Gasteiger partial charge >= 0.3 is 0 Å². The summed E-state index contributed by atoms with van der Waals surface area (Å²) in [5, 5.41) is 0. The summed E-state index contributed by atoms with van der Waals surface area (Å²) in [6.07, 6.45) is 36.5. The van der Waals surface area contributed by atoms with E-state index >= 15 is 0 Å². The molecule has 0 radical (unpaired) electrons. The van der Waals surface area contributed by atoms with Crippen LogP contribution in [-0.2, 0) is 10.8 Å². The number of hydrogen-bond acceptors (Lipinski definition) is 0. The highest BCUT2D eigenvalue weighted by atomic mass is 15.1. The van der Waals surface area contributed by atoms with Crippen molar-refractivity contribution in [1.82, 2.24) is 0 Å². The molecule has 0 fully saturated rings. The van der Waals surface area contributed by atoms with Crippen molar-refractivity contribution in [3.05, 3.63) is 89.0 Å². The molecular formula is C48H74N+. The molecule has 1 aliphatic heterocycles. The van der Waals surface area contributed by atoms with E-state index in [2.05, 4.69) is 113 Å². The summed E-state index contributed by atoms with van der Waals surface area (Å²) in [6, 6.07) is 18.5. The average Bonchev–Trinajstić information content (AvgIpc) is 3.45. The Balaban J connectivity index is 1.42. The molecule has 0 N–H and O–H groups in total. The third kappa shape index (κ3) is 10.8. The molecule has 270 valence electrons. The van der Waals surface area contributed by atoms with E-state index in [1.807, 2.05) is 0 Å². The largest absolute Gasteiger partial charge is 0.209 e. The zero-order valence-electron chi connectivity index (χ0n) is 32.9. The highest BCUT2D eigenvalue weighted by Gasteiger charge is 2.44. The summed E-state index contributed by atoms with van der Waals surface area (Å²) in [4.78, 5) is 0. The fourth-order valence-electron chi connectivity index (χ4n) is 8.98. The summed E-state index contributed by atoms with van der Waals surface area (Å²) in [5.41, 5.74) is 9.15. The summed E-state index contributed by atoms with van der Waals surface area (Å²) in [7, 11) is 0. The van der Waals surface area contributed by atoms with Gasteiger partial charge in [0.1, 0.15) is 6.54 Å². The number of benzene rings is 2. The van der Waals surface area contributed by atoms with Gasteiger partial charge in [0.05, 0.1) is 5.41 Å². The molecule has 2 aromatic rings. The van der Waals surface area contributed by atoms with E-state index in [9.17, 15) is 0 Å². The van der Waals surface area contributed by atoms with Crippen LogP contribution in [0.25, 0.3) is 0 Å². The van der Waals surface area contributed by atoms with Crippen LogP contribution >= 0.6 is 0 Å². The van der Waals surface area contributed by atoms with Gasteiger partial charge in [0.15, 0.2) is 5.71 Å². The molecule has 2 aliphatic rings. The Labute approximate surface area is 303 Å². The molecule has 1 atom stereocenters. The minimum atomic E-state index is 0.00759. The fourth-order valence-corrected chi connectivity index (χ4v) is 8.98.